The molecule has 4 N–H and O–H groups in total. The molecule has 1 aliphatic rings. The van der Waals surface area contributed by atoms with E-state index in [0.29, 0.717) is 11.6 Å². The van der Waals surface area contributed by atoms with Crippen LogP contribution < -0.4 is 15.8 Å². The molecule has 42 heavy (non-hydrogen) atoms. The Hall–Kier alpha value is -4.59. The number of alkyl halides is 3. The van der Waals surface area contributed by atoms with Crippen LogP contribution in [0.5, 0.6) is 5.75 Å². The Morgan fingerprint density at radius 1 is 1.14 bits per heavy atom. The number of hydrogen-bond donors (Lipinski definition) is 3. The average molecular weight is 587 g/mol. The highest BCUT2D eigenvalue weighted by atomic mass is 19.4. The SMILES string of the molecule is CCOc1c(CC(N)=O)cc([C@@](O)(CNC(=O)c2ccc3nc(C4CC4)cn3n2)C(F)(F)F)nc1-c1ccc(F)cc1. The number of ether oxygens (including phenoxy) is 1. The Morgan fingerprint density at radius 2 is 1.86 bits per heavy atom. The lowest BCUT2D eigenvalue weighted by Crippen LogP contribution is -2.51. The van der Waals surface area contributed by atoms with Crippen molar-refractivity contribution in [2.45, 2.75) is 43.9 Å². The molecule has 4 aromatic rings. The van der Waals surface area contributed by atoms with Crippen molar-refractivity contribution in [3.05, 3.63) is 77.1 Å². The molecule has 0 aliphatic heterocycles. The number of fused-ring (bicyclic) bond motifs is 1. The zero-order valence-electron chi connectivity index (χ0n) is 22.3. The average Bonchev–Trinajstić information content (AvgIpc) is 3.70. The monoisotopic (exact) mass is 586 g/mol. The predicted molar refractivity (Wildman–Crippen MR) is 141 cm³/mol. The normalized spacial score (nSPS) is 14.9. The maximum atomic E-state index is 14.5. The molecule has 1 aliphatic carbocycles. The summed E-state index contributed by atoms with van der Waals surface area (Å²) in [5, 5.41) is 17.3. The second kappa shape index (κ2) is 11.0. The minimum atomic E-state index is -5.34. The summed E-state index contributed by atoms with van der Waals surface area (Å²) >= 11 is 0. The largest absolute Gasteiger partial charge is 0.491 e. The van der Waals surface area contributed by atoms with Gasteiger partial charge in [0, 0.05) is 17.0 Å². The molecule has 0 saturated heterocycles. The summed E-state index contributed by atoms with van der Waals surface area (Å²) < 4.78 is 64.2. The highest BCUT2D eigenvalue weighted by Crippen LogP contribution is 2.42. The van der Waals surface area contributed by atoms with Gasteiger partial charge in [0.2, 0.25) is 11.5 Å². The maximum absolute atomic E-state index is 14.5. The zero-order chi connectivity index (χ0) is 30.2. The highest BCUT2D eigenvalue weighted by molar-refractivity contribution is 5.92. The highest BCUT2D eigenvalue weighted by Gasteiger charge is 2.56. The van der Waals surface area contributed by atoms with Crippen LogP contribution in [0.3, 0.4) is 0 Å². The second-order valence-corrected chi connectivity index (χ2v) is 9.93. The van der Waals surface area contributed by atoms with Gasteiger partial charge in [-0.2, -0.15) is 18.3 Å². The summed E-state index contributed by atoms with van der Waals surface area (Å²) in [6.45, 7) is 0.322. The molecule has 0 radical (unpaired) electrons. The number of rotatable bonds is 10. The van der Waals surface area contributed by atoms with Crippen LogP contribution in [0, 0.1) is 5.82 Å². The molecule has 3 heterocycles. The van der Waals surface area contributed by atoms with Crippen molar-refractivity contribution in [2.75, 3.05) is 13.2 Å². The number of benzene rings is 1. The van der Waals surface area contributed by atoms with E-state index in [4.69, 9.17) is 10.5 Å². The van der Waals surface area contributed by atoms with Gasteiger partial charge < -0.3 is 20.9 Å². The van der Waals surface area contributed by atoms with Gasteiger partial charge in [0.15, 0.2) is 5.65 Å². The fourth-order valence-electron chi connectivity index (χ4n) is 4.46. The van der Waals surface area contributed by atoms with Crippen LogP contribution in [0.1, 0.15) is 53.1 Å². The van der Waals surface area contributed by atoms with Crippen LogP contribution in [-0.2, 0) is 16.8 Å². The van der Waals surface area contributed by atoms with Crippen molar-refractivity contribution >= 4 is 17.5 Å². The first-order valence-electron chi connectivity index (χ1n) is 13.0. The van der Waals surface area contributed by atoms with E-state index in [2.05, 4.69) is 20.4 Å². The molecule has 1 saturated carbocycles. The van der Waals surface area contributed by atoms with Crippen LogP contribution in [0.4, 0.5) is 17.6 Å². The number of nitrogens with one attached hydrogen (secondary N) is 1. The van der Waals surface area contributed by atoms with E-state index in [0.717, 1.165) is 36.7 Å². The molecule has 0 unspecified atom stereocenters. The third kappa shape index (κ3) is 5.75. The van der Waals surface area contributed by atoms with Crippen LogP contribution >= 0.6 is 0 Å². The molecule has 2 amide bonds. The molecule has 3 aromatic heterocycles. The van der Waals surface area contributed by atoms with Crippen molar-refractivity contribution in [3.63, 3.8) is 0 Å². The number of aliphatic hydroxyl groups is 1. The maximum Gasteiger partial charge on any atom is 0.424 e. The summed E-state index contributed by atoms with van der Waals surface area (Å²) in [6, 6.07) is 8.36. The molecule has 10 nitrogen and oxygen atoms in total. The molecule has 0 bridgehead atoms. The minimum Gasteiger partial charge on any atom is -0.491 e. The predicted octanol–water partition coefficient (Wildman–Crippen LogP) is 3.41. The lowest BCUT2D eigenvalue weighted by atomic mass is 9.93. The number of nitrogens with two attached hydrogens (primary N) is 1. The van der Waals surface area contributed by atoms with Crippen molar-refractivity contribution < 1.29 is 37.0 Å². The first-order chi connectivity index (χ1) is 19.9. The third-order valence-electron chi connectivity index (χ3n) is 6.79. The molecule has 0 spiro atoms. The number of halogens is 4. The second-order valence-electron chi connectivity index (χ2n) is 9.93. The molecule has 1 atom stereocenters. The number of aromatic nitrogens is 4. The van der Waals surface area contributed by atoms with Gasteiger partial charge in [0.25, 0.3) is 5.91 Å². The van der Waals surface area contributed by atoms with Gasteiger partial charge >= 0.3 is 6.18 Å². The summed E-state index contributed by atoms with van der Waals surface area (Å²) in [7, 11) is 0. The number of carbonyl (C=O) groups excluding carboxylic acids is 2. The van der Waals surface area contributed by atoms with Gasteiger partial charge in [-0.1, -0.05) is 0 Å². The smallest absolute Gasteiger partial charge is 0.424 e. The molecule has 14 heteroatoms. The van der Waals surface area contributed by atoms with Gasteiger partial charge in [0.05, 0.1) is 37.2 Å². The Bertz CT molecular complexity index is 1650. The number of hydrogen-bond acceptors (Lipinski definition) is 7. The zero-order valence-corrected chi connectivity index (χ0v) is 22.3. The molecule has 1 aromatic carbocycles. The lowest BCUT2D eigenvalue weighted by Gasteiger charge is -2.31. The van der Waals surface area contributed by atoms with Crippen LogP contribution in [-0.4, -0.2) is 55.8 Å². The van der Waals surface area contributed by atoms with Crippen molar-refractivity contribution in [1.82, 2.24) is 24.9 Å². The fraction of sp³-hybridized carbons (Fsp3) is 0.321. The molecular weight excluding hydrogens is 560 g/mol. The van der Waals surface area contributed by atoms with Gasteiger partial charge in [-0.3, -0.25) is 9.59 Å². The Kier molecular flexibility index (Phi) is 7.58. The molecule has 220 valence electrons. The summed E-state index contributed by atoms with van der Waals surface area (Å²) in [4.78, 5) is 33.2. The topological polar surface area (TPSA) is 145 Å². The van der Waals surface area contributed by atoms with Gasteiger partial charge in [-0.25, -0.2) is 18.9 Å². The lowest BCUT2D eigenvalue weighted by molar-refractivity contribution is -0.265. The van der Waals surface area contributed by atoms with Crippen LogP contribution in [0.25, 0.3) is 16.9 Å². The number of carbonyl (C=O) groups is 2. The molecular formula is C28H26F4N6O4. The number of amides is 2. The van der Waals surface area contributed by atoms with E-state index in [1.807, 2.05) is 0 Å². The summed E-state index contributed by atoms with van der Waals surface area (Å²) in [5.74, 6) is -2.20. The first kappa shape index (κ1) is 28.9. The van der Waals surface area contributed by atoms with E-state index in [9.17, 15) is 32.3 Å². The molecule has 5 rings (SSSR count). The van der Waals surface area contributed by atoms with E-state index in [1.54, 1.807) is 13.1 Å². The van der Waals surface area contributed by atoms with Crippen molar-refractivity contribution in [1.29, 1.82) is 0 Å². The summed E-state index contributed by atoms with van der Waals surface area (Å²) in [5.41, 5.74) is 1.69. The molecule has 1 fully saturated rings. The van der Waals surface area contributed by atoms with E-state index in [-0.39, 0.29) is 34.9 Å². The van der Waals surface area contributed by atoms with Crippen LogP contribution in [0.15, 0.2) is 48.7 Å². The van der Waals surface area contributed by atoms with Gasteiger partial charge in [0.1, 0.15) is 23.0 Å². The van der Waals surface area contributed by atoms with Crippen molar-refractivity contribution in [2.24, 2.45) is 5.73 Å². The first-order valence-corrected chi connectivity index (χ1v) is 13.0. The Balaban J connectivity index is 1.52. The van der Waals surface area contributed by atoms with E-state index < -0.39 is 48.1 Å². The standard InChI is InChI=1S/C28H26F4N6O4/c1-2-42-25-17(12-22(33)39)11-21(36-24(25)16-5-7-18(29)8-6-16)27(41,28(30,31)32)14-34-26(40)19-9-10-23-35-20(15-3-4-15)13-38(23)37-19/h5-11,13,15,41H,2-4,12,14H2,1H3,(H2,33,39)(H,34,40)/t27-/m0/s1. The van der Waals surface area contributed by atoms with Gasteiger partial charge in [-0.15, -0.1) is 0 Å². The quantitative estimate of drug-likeness (QED) is 0.242. The minimum absolute atomic E-state index is 0.0522. The number of pyridine rings is 1. The number of primary amides is 1. The fourth-order valence-corrected chi connectivity index (χ4v) is 4.46. The van der Waals surface area contributed by atoms with Crippen LogP contribution in [0.2, 0.25) is 0 Å². The van der Waals surface area contributed by atoms with E-state index >= 15 is 0 Å². The summed E-state index contributed by atoms with van der Waals surface area (Å²) in [6.07, 6.45) is -2.23. The Morgan fingerprint density at radius 3 is 2.48 bits per heavy atom. The van der Waals surface area contributed by atoms with E-state index in [1.165, 1.54) is 28.8 Å². The van der Waals surface area contributed by atoms with Gasteiger partial charge in [-0.05, 0) is 62.2 Å². The number of imidazole rings is 1. The third-order valence-corrected chi connectivity index (χ3v) is 6.79. The Labute approximate surface area is 236 Å². The van der Waals surface area contributed by atoms with Crippen molar-refractivity contribution in [3.8, 4) is 17.0 Å². The number of nitrogens with zero attached hydrogens (tertiary/aromatic N) is 4.